The third kappa shape index (κ3) is 4.70. The molecular formula is C19H23N3O5. The van der Waals surface area contributed by atoms with Crippen molar-refractivity contribution in [2.24, 2.45) is 0 Å². The zero-order chi connectivity index (χ0) is 19.8. The molecule has 27 heavy (non-hydrogen) atoms. The van der Waals surface area contributed by atoms with Gasteiger partial charge in [-0.2, -0.15) is 5.26 Å². The lowest BCUT2D eigenvalue weighted by atomic mass is 9.93. The summed E-state index contributed by atoms with van der Waals surface area (Å²) in [4.78, 5) is 24.7. The van der Waals surface area contributed by atoms with Gasteiger partial charge in [0.15, 0.2) is 18.1 Å². The van der Waals surface area contributed by atoms with Crippen molar-refractivity contribution in [2.45, 2.75) is 32.7 Å². The summed E-state index contributed by atoms with van der Waals surface area (Å²) in [7, 11) is 1.48. The summed E-state index contributed by atoms with van der Waals surface area (Å²) in [6, 6.07) is 5.85. The van der Waals surface area contributed by atoms with Crippen molar-refractivity contribution in [1.82, 2.24) is 10.6 Å². The Kier molecular flexibility index (Phi) is 7.06. The molecule has 2 N–H and O–H groups in total. The fourth-order valence-electron chi connectivity index (χ4n) is 2.86. The Balaban J connectivity index is 2.49. The van der Waals surface area contributed by atoms with Gasteiger partial charge in [0.1, 0.15) is 6.07 Å². The van der Waals surface area contributed by atoms with E-state index in [4.69, 9.17) is 19.5 Å². The van der Waals surface area contributed by atoms with E-state index >= 15 is 0 Å². The number of nitrogens with zero attached hydrogens (tertiary/aromatic N) is 1. The maximum atomic E-state index is 12.6. The van der Waals surface area contributed by atoms with Gasteiger partial charge >= 0.3 is 12.0 Å². The maximum Gasteiger partial charge on any atom is 0.338 e. The number of hydrogen-bond donors (Lipinski definition) is 2. The van der Waals surface area contributed by atoms with Gasteiger partial charge in [0.2, 0.25) is 0 Å². The topological polar surface area (TPSA) is 110 Å². The van der Waals surface area contributed by atoms with Crippen LogP contribution in [0.3, 0.4) is 0 Å². The molecule has 1 aromatic rings. The van der Waals surface area contributed by atoms with Crippen LogP contribution in [-0.4, -0.2) is 32.3 Å². The minimum absolute atomic E-state index is 0.117. The smallest absolute Gasteiger partial charge is 0.338 e. The number of allylic oxidation sites excluding steroid dienone is 1. The van der Waals surface area contributed by atoms with Crippen molar-refractivity contribution >= 4 is 12.0 Å². The molecule has 0 saturated carbocycles. The zero-order valence-electron chi connectivity index (χ0n) is 15.6. The second-order valence-corrected chi connectivity index (χ2v) is 5.75. The summed E-state index contributed by atoms with van der Waals surface area (Å²) in [6.07, 6.45) is 1.30. The molecule has 1 atom stereocenters. The van der Waals surface area contributed by atoms with E-state index in [2.05, 4.69) is 10.6 Å². The Morgan fingerprint density at radius 2 is 2.07 bits per heavy atom. The number of nitriles is 1. The number of rotatable bonds is 8. The number of amides is 2. The van der Waals surface area contributed by atoms with Crippen LogP contribution < -0.4 is 20.1 Å². The van der Waals surface area contributed by atoms with E-state index in [0.29, 0.717) is 34.8 Å². The minimum Gasteiger partial charge on any atom is -0.493 e. The first-order chi connectivity index (χ1) is 13.0. The van der Waals surface area contributed by atoms with Gasteiger partial charge in [0.05, 0.1) is 25.3 Å². The average molecular weight is 373 g/mol. The number of esters is 1. The number of benzene rings is 1. The van der Waals surface area contributed by atoms with Crippen LogP contribution in [-0.2, 0) is 9.53 Å². The van der Waals surface area contributed by atoms with Gasteiger partial charge in [-0.25, -0.2) is 9.59 Å². The molecule has 8 nitrogen and oxygen atoms in total. The second kappa shape index (κ2) is 9.48. The van der Waals surface area contributed by atoms with E-state index in [1.807, 2.05) is 13.0 Å². The molecule has 0 saturated heterocycles. The highest BCUT2D eigenvalue weighted by molar-refractivity contribution is 5.95. The minimum atomic E-state index is -0.682. The number of urea groups is 1. The monoisotopic (exact) mass is 373 g/mol. The molecule has 1 aromatic carbocycles. The van der Waals surface area contributed by atoms with E-state index in [-0.39, 0.29) is 19.2 Å². The second-order valence-electron chi connectivity index (χ2n) is 5.75. The van der Waals surface area contributed by atoms with Crippen LogP contribution in [0.1, 0.15) is 38.3 Å². The Hall–Kier alpha value is -3.21. The lowest BCUT2D eigenvalue weighted by Gasteiger charge is -2.29. The van der Waals surface area contributed by atoms with E-state index < -0.39 is 12.0 Å². The maximum absolute atomic E-state index is 12.6. The number of carbonyl (C=O) groups excluding carboxylic acids is 2. The van der Waals surface area contributed by atoms with Crippen molar-refractivity contribution in [3.63, 3.8) is 0 Å². The molecule has 144 valence electrons. The van der Waals surface area contributed by atoms with E-state index in [1.54, 1.807) is 25.1 Å². The Bertz CT molecular complexity index is 782. The molecule has 0 fully saturated rings. The summed E-state index contributed by atoms with van der Waals surface area (Å²) in [5.41, 5.74) is 1.56. The molecule has 2 amide bonds. The quantitative estimate of drug-likeness (QED) is 0.678. The summed E-state index contributed by atoms with van der Waals surface area (Å²) in [6.45, 7) is 3.80. The SMILES string of the molecule is CCCC1=C(C(=O)OCC)[C@H](c2ccc(OCC#N)c(OC)c2)NC(=O)N1. The number of methoxy groups -OCH3 is 1. The van der Waals surface area contributed by atoms with E-state index in [0.717, 1.165) is 6.42 Å². The molecule has 2 rings (SSSR count). The predicted molar refractivity (Wildman–Crippen MR) is 97.1 cm³/mol. The molecule has 8 heteroatoms. The van der Waals surface area contributed by atoms with Crippen molar-refractivity contribution in [2.75, 3.05) is 20.3 Å². The highest BCUT2D eigenvalue weighted by Gasteiger charge is 2.33. The van der Waals surface area contributed by atoms with Crippen LogP contribution in [0.2, 0.25) is 0 Å². The molecule has 0 unspecified atom stereocenters. The number of hydrogen-bond acceptors (Lipinski definition) is 6. The predicted octanol–water partition coefficient (Wildman–Crippen LogP) is 2.57. The van der Waals surface area contributed by atoms with Crippen LogP contribution in [0.5, 0.6) is 11.5 Å². The van der Waals surface area contributed by atoms with Crippen LogP contribution >= 0.6 is 0 Å². The summed E-state index contributed by atoms with van der Waals surface area (Å²) < 4.78 is 15.8. The number of carbonyl (C=O) groups is 2. The van der Waals surface area contributed by atoms with Crippen LogP contribution in [0.4, 0.5) is 4.79 Å². The van der Waals surface area contributed by atoms with Crippen molar-refractivity contribution in [3.05, 3.63) is 35.0 Å². The first kappa shape index (κ1) is 20.1. The van der Waals surface area contributed by atoms with Crippen LogP contribution in [0.25, 0.3) is 0 Å². The third-order valence-electron chi connectivity index (χ3n) is 3.96. The highest BCUT2D eigenvalue weighted by atomic mass is 16.5. The first-order valence-corrected chi connectivity index (χ1v) is 8.71. The van der Waals surface area contributed by atoms with Crippen molar-refractivity contribution in [3.8, 4) is 17.6 Å². The van der Waals surface area contributed by atoms with Gasteiger partial charge in [0, 0.05) is 5.70 Å². The number of nitrogens with one attached hydrogen (secondary N) is 2. The van der Waals surface area contributed by atoms with E-state index in [9.17, 15) is 9.59 Å². The number of ether oxygens (including phenoxy) is 3. The highest BCUT2D eigenvalue weighted by Crippen LogP contribution is 2.35. The normalized spacial score (nSPS) is 16.1. The molecule has 0 radical (unpaired) electrons. The lowest BCUT2D eigenvalue weighted by molar-refractivity contribution is -0.139. The summed E-state index contributed by atoms with van der Waals surface area (Å²) in [5, 5.41) is 14.2. The van der Waals surface area contributed by atoms with Gasteiger partial charge in [0.25, 0.3) is 0 Å². The summed E-state index contributed by atoms with van der Waals surface area (Å²) in [5.74, 6) is 0.316. The molecule has 1 aliphatic heterocycles. The third-order valence-corrected chi connectivity index (χ3v) is 3.96. The fourth-order valence-corrected chi connectivity index (χ4v) is 2.86. The standard InChI is InChI=1S/C19H23N3O5/c1-4-6-13-16(18(23)26-5-2)17(22-19(24)21-13)12-7-8-14(27-10-9-20)15(11-12)25-3/h7-8,11,17H,4-6,10H2,1-3H3,(H2,21,22,24)/t17-/m0/s1. The lowest BCUT2D eigenvalue weighted by Crippen LogP contribution is -2.46. The van der Waals surface area contributed by atoms with Gasteiger partial charge < -0.3 is 24.8 Å². The fraction of sp³-hybridized carbons (Fsp3) is 0.421. The Morgan fingerprint density at radius 3 is 2.70 bits per heavy atom. The molecular weight excluding hydrogens is 350 g/mol. The van der Waals surface area contributed by atoms with Gasteiger partial charge in [-0.05, 0) is 31.0 Å². The molecule has 0 bridgehead atoms. The largest absolute Gasteiger partial charge is 0.493 e. The molecule has 0 spiro atoms. The molecule has 0 aliphatic carbocycles. The Labute approximate surface area is 158 Å². The van der Waals surface area contributed by atoms with Crippen molar-refractivity contribution in [1.29, 1.82) is 5.26 Å². The summed E-state index contributed by atoms with van der Waals surface area (Å²) >= 11 is 0. The molecule has 1 aliphatic rings. The molecule has 0 aromatic heterocycles. The zero-order valence-corrected chi connectivity index (χ0v) is 15.6. The van der Waals surface area contributed by atoms with Gasteiger partial charge in [-0.3, -0.25) is 0 Å². The molecule has 1 heterocycles. The van der Waals surface area contributed by atoms with Gasteiger partial charge in [-0.1, -0.05) is 19.4 Å². The average Bonchev–Trinajstić information content (AvgIpc) is 2.66. The Morgan fingerprint density at radius 1 is 1.30 bits per heavy atom. The first-order valence-electron chi connectivity index (χ1n) is 8.71. The van der Waals surface area contributed by atoms with Crippen LogP contribution in [0.15, 0.2) is 29.5 Å². The van der Waals surface area contributed by atoms with Gasteiger partial charge in [-0.15, -0.1) is 0 Å². The van der Waals surface area contributed by atoms with Crippen LogP contribution in [0, 0.1) is 11.3 Å². The van der Waals surface area contributed by atoms with E-state index in [1.165, 1.54) is 7.11 Å². The van der Waals surface area contributed by atoms with Crippen molar-refractivity contribution < 1.29 is 23.8 Å².